The number of fused-ring (bicyclic) bond motifs is 4. The van der Waals surface area contributed by atoms with Gasteiger partial charge in [-0.3, -0.25) is 4.79 Å². The number of ether oxygens (including phenoxy) is 3. The predicted octanol–water partition coefficient (Wildman–Crippen LogP) is 6.39. The summed E-state index contributed by atoms with van der Waals surface area (Å²) >= 11 is 6.46. The summed E-state index contributed by atoms with van der Waals surface area (Å²) in [5.74, 6) is -0.147. The van der Waals surface area contributed by atoms with Gasteiger partial charge in [-0.25, -0.2) is 22.9 Å². The second kappa shape index (κ2) is 13.2. The predicted molar refractivity (Wildman–Crippen MR) is 197 cm³/mol. The number of esters is 1. The summed E-state index contributed by atoms with van der Waals surface area (Å²) in [5.41, 5.74) is 1.31. The Morgan fingerprint density at radius 2 is 1.92 bits per heavy atom. The second-order valence-electron chi connectivity index (χ2n) is 15.8. The molecule has 0 saturated heterocycles. The monoisotopic (exact) mass is 737 g/mol. The summed E-state index contributed by atoms with van der Waals surface area (Å²) in [6.07, 6.45) is 9.42. The van der Waals surface area contributed by atoms with Crippen molar-refractivity contribution in [3.05, 3.63) is 70.3 Å². The molecule has 1 fully saturated rings. The average Bonchev–Trinajstić information content (AvgIpc) is 3.22. The minimum atomic E-state index is -4.01. The first-order chi connectivity index (χ1) is 24.2. The number of nitrogens with one attached hydrogen (secondary N) is 1. The fourth-order valence-electron chi connectivity index (χ4n) is 8.76. The highest BCUT2D eigenvalue weighted by molar-refractivity contribution is 7.90. The Kier molecular flexibility index (Phi) is 9.32. The number of aryl methyl sites for hydroxylation is 1. The van der Waals surface area contributed by atoms with Crippen LogP contribution < -0.4 is 14.4 Å². The van der Waals surface area contributed by atoms with Gasteiger partial charge in [-0.1, -0.05) is 36.7 Å². The Hall–Kier alpha value is -3.41. The lowest BCUT2D eigenvalue weighted by Crippen LogP contribution is -2.53. The Morgan fingerprint density at radius 3 is 2.63 bits per heavy atom. The first kappa shape index (κ1) is 36.0. The Balaban J connectivity index is 1.33. The van der Waals surface area contributed by atoms with Crippen molar-refractivity contribution in [2.24, 2.45) is 22.7 Å². The van der Waals surface area contributed by atoms with Crippen LogP contribution in [0, 0.1) is 17.8 Å². The van der Waals surface area contributed by atoms with Crippen LogP contribution >= 0.6 is 11.6 Å². The van der Waals surface area contributed by atoms with Crippen molar-refractivity contribution in [1.82, 2.24) is 4.72 Å². The van der Waals surface area contributed by atoms with Crippen LogP contribution in [-0.2, 0) is 36.1 Å². The molecule has 2 aromatic rings. The Labute approximate surface area is 306 Å². The van der Waals surface area contributed by atoms with E-state index in [1.54, 1.807) is 46.1 Å². The molecule has 1 N–H and O–H groups in total. The van der Waals surface area contributed by atoms with Crippen LogP contribution in [0.5, 0.6) is 5.75 Å². The number of rotatable bonds is 3. The first-order valence-corrected chi connectivity index (χ1v) is 20.0. The number of allylic oxidation sites excluding steroid dienone is 1. The van der Waals surface area contributed by atoms with E-state index in [0.717, 1.165) is 37.8 Å². The van der Waals surface area contributed by atoms with Gasteiger partial charge >= 0.3 is 5.97 Å². The number of anilines is 1. The van der Waals surface area contributed by atoms with Crippen LogP contribution in [0.25, 0.3) is 0 Å². The first-order valence-electron chi connectivity index (χ1n) is 18.1. The lowest BCUT2D eigenvalue weighted by Gasteiger charge is -2.50. The van der Waals surface area contributed by atoms with E-state index in [-0.39, 0.29) is 35.2 Å². The molecule has 7 rings (SSSR count). The lowest BCUT2D eigenvalue weighted by molar-refractivity contribution is -0.138. The SMILES string of the molecule is CO[C@@]1(CC2=NC(C)(C)C(=O)O2)/C=C/C[C@H](C)[C@@H](C)S(=O)(=O)NC(=O)c2ccc3c(c2)N(C[C@@H]2CC[C@H]21)C[C@@]1(CCCc2cc(Cl)ccc21)CO3. The van der Waals surface area contributed by atoms with Gasteiger partial charge in [-0.15, -0.1) is 0 Å². The highest BCUT2D eigenvalue weighted by Crippen LogP contribution is 2.50. The number of cyclic esters (lactones) is 1. The van der Waals surface area contributed by atoms with Gasteiger partial charge in [0.2, 0.25) is 10.0 Å². The summed E-state index contributed by atoms with van der Waals surface area (Å²) < 4.78 is 48.2. The standard InChI is InChI=1S/C39H48ClN3O7S/c1-24-8-6-17-39(48-5,20-34-41-37(3,4)36(45)50-34)31-13-10-28(31)21-43-22-38(16-7-9-26-18-29(40)12-14-30(26)38)23-49-33-15-11-27(19-32(33)43)35(44)42-51(46,47)25(24)2/h6,11-12,14-15,17-19,24-25,28,31H,7-10,13,16,20-23H2,1-5H3,(H,42,44)/b17-6+/t24-,25+,28-,31+,38-,39+/m0/s1. The average molecular weight is 738 g/mol. The normalized spacial score (nSPS) is 33.4. The molecule has 2 bridgehead atoms. The third-order valence-electron chi connectivity index (χ3n) is 12.2. The number of hydrogen-bond donors (Lipinski definition) is 1. The van der Waals surface area contributed by atoms with E-state index in [4.69, 9.17) is 25.8 Å². The van der Waals surface area contributed by atoms with Crippen molar-refractivity contribution in [1.29, 1.82) is 0 Å². The molecular formula is C39H48ClN3O7S. The van der Waals surface area contributed by atoms with Gasteiger partial charge < -0.3 is 19.1 Å². The largest absolute Gasteiger partial charge is 0.490 e. The van der Waals surface area contributed by atoms with Gasteiger partial charge in [0, 0.05) is 36.2 Å². The summed E-state index contributed by atoms with van der Waals surface area (Å²) in [6.45, 7) is 8.72. The molecule has 1 spiro atoms. The number of halogens is 1. The smallest absolute Gasteiger partial charge is 0.340 e. The van der Waals surface area contributed by atoms with E-state index >= 15 is 0 Å². The molecule has 10 nitrogen and oxygen atoms in total. The van der Waals surface area contributed by atoms with Crippen molar-refractivity contribution in [2.45, 2.75) is 94.4 Å². The number of benzene rings is 2. The van der Waals surface area contributed by atoms with Crippen LogP contribution in [0.1, 0.15) is 87.7 Å². The van der Waals surface area contributed by atoms with Gasteiger partial charge in [0.25, 0.3) is 5.91 Å². The molecule has 274 valence electrons. The van der Waals surface area contributed by atoms with E-state index in [9.17, 15) is 18.0 Å². The van der Waals surface area contributed by atoms with Crippen LogP contribution in [0.3, 0.4) is 0 Å². The molecule has 0 radical (unpaired) electrons. The van der Waals surface area contributed by atoms with Crippen LogP contribution in [0.4, 0.5) is 5.69 Å². The molecule has 3 heterocycles. The van der Waals surface area contributed by atoms with Crippen molar-refractivity contribution >= 4 is 45.1 Å². The maximum absolute atomic E-state index is 13.6. The summed E-state index contributed by atoms with van der Waals surface area (Å²) in [5, 5.41) is -0.140. The quantitative estimate of drug-likeness (QED) is 0.284. The van der Waals surface area contributed by atoms with E-state index < -0.39 is 38.3 Å². The van der Waals surface area contributed by atoms with Crippen molar-refractivity contribution < 1.29 is 32.2 Å². The third kappa shape index (κ3) is 6.59. The van der Waals surface area contributed by atoms with Gasteiger partial charge in [0.1, 0.15) is 5.75 Å². The maximum atomic E-state index is 13.6. The highest BCUT2D eigenvalue weighted by atomic mass is 35.5. The highest BCUT2D eigenvalue weighted by Gasteiger charge is 2.51. The van der Waals surface area contributed by atoms with E-state index in [0.29, 0.717) is 42.8 Å². The number of nitrogens with zero attached hydrogens (tertiary/aromatic N) is 2. The zero-order valence-electron chi connectivity index (χ0n) is 30.0. The topological polar surface area (TPSA) is 124 Å². The van der Waals surface area contributed by atoms with Gasteiger partial charge in [-0.05, 0) is 119 Å². The number of aliphatic imine (C=N–C) groups is 1. The fourth-order valence-corrected chi connectivity index (χ4v) is 10.2. The molecule has 2 aliphatic carbocycles. The van der Waals surface area contributed by atoms with Gasteiger partial charge in [-0.2, -0.15) is 0 Å². The van der Waals surface area contributed by atoms with Crippen molar-refractivity contribution in [2.75, 3.05) is 31.7 Å². The van der Waals surface area contributed by atoms with Gasteiger partial charge in [0.05, 0.1) is 29.6 Å². The van der Waals surface area contributed by atoms with E-state index in [1.807, 2.05) is 25.1 Å². The number of carbonyl (C=O) groups is 2. The molecule has 6 atom stereocenters. The summed E-state index contributed by atoms with van der Waals surface area (Å²) in [4.78, 5) is 33.3. The molecule has 0 unspecified atom stereocenters. The molecule has 51 heavy (non-hydrogen) atoms. The zero-order chi connectivity index (χ0) is 36.3. The number of sulfonamides is 1. The number of hydrogen-bond acceptors (Lipinski definition) is 9. The van der Waals surface area contributed by atoms with E-state index in [2.05, 4.69) is 26.7 Å². The molecule has 1 amide bonds. The summed E-state index contributed by atoms with van der Waals surface area (Å²) in [6, 6.07) is 11.4. The molecule has 0 aromatic heterocycles. The Bertz CT molecular complexity index is 1910. The number of methoxy groups -OCH3 is 1. The maximum Gasteiger partial charge on any atom is 0.340 e. The molecule has 12 heteroatoms. The fraction of sp³-hybridized carbons (Fsp3) is 0.564. The van der Waals surface area contributed by atoms with Gasteiger partial charge in [0.15, 0.2) is 11.4 Å². The lowest BCUT2D eigenvalue weighted by atomic mass is 9.63. The summed E-state index contributed by atoms with van der Waals surface area (Å²) in [7, 11) is -2.33. The van der Waals surface area contributed by atoms with Crippen molar-refractivity contribution in [3.8, 4) is 5.75 Å². The molecule has 5 aliphatic rings. The minimum Gasteiger partial charge on any atom is -0.490 e. The molecular weight excluding hydrogens is 690 g/mol. The molecule has 3 aliphatic heterocycles. The van der Waals surface area contributed by atoms with Crippen molar-refractivity contribution in [3.63, 3.8) is 0 Å². The number of carbonyl (C=O) groups excluding carboxylic acids is 2. The van der Waals surface area contributed by atoms with Crippen LogP contribution in [-0.4, -0.2) is 69.4 Å². The minimum absolute atomic E-state index is 0.0423. The van der Waals surface area contributed by atoms with E-state index in [1.165, 1.54) is 11.1 Å². The zero-order valence-corrected chi connectivity index (χ0v) is 31.6. The molecule has 2 aromatic carbocycles. The Morgan fingerprint density at radius 1 is 1.12 bits per heavy atom. The third-order valence-corrected chi connectivity index (χ3v) is 14.3. The van der Waals surface area contributed by atoms with Crippen LogP contribution in [0.15, 0.2) is 53.5 Å². The molecule has 1 saturated carbocycles. The van der Waals surface area contributed by atoms with Crippen LogP contribution in [0.2, 0.25) is 5.02 Å². The number of amides is 1. The second-order valence-corrected chi connectivity index (χ2v) is 18.3.